The van der Waals surface area contributed by atoms with Gasteiger partial charge in [-0.1, -0.05) is 20.8 Å². The second kappa shape index (κ2) is 9.52. The van der Waals surface area contributed by atoms with Gasteiger partial charge in [-0.3, -0.25) is 4.90 Å². The van der Waals surface area contributed by atoms with E-state index in [1.807, 2.05) is 17.8 Å². The first-order valence-electron chi connectivity index (χ1n) is 11.7. The van der Waals surface area contributed by atoms with Crippen LogP contribution in [0.1, 0.15) is 44.4 Å². The van der Waals surface area contributed by atoms with E-state index in [-0.39, 0.29) is 17.6 Å². The largest absolute Gasteiger partial charge is 0.293 e. The van der Waals surface area contributed by atoms with Crippen molar-refractivity contribution in [3.8, 4) is 5.69 Å². The molecule has 3 aromatic rings. The molecule has 0 radical (unpaired) electrons. The van der Waals surface area contributed by atoms with E-state index in [4.69, 9.17) is 0 Å². The number of hydrogen-bond acceptors (Lipinski definition) is 4. The van der Waals surface area contributed by atoms with Crippen molar-refractivity contribution in [2.24, 2.45) is 5.92 Å². The van der Waals surface area contributed by atoms with E-state index >= 15 is 0 Å². The normalized spacial score (nSPS) is 18.4. The molecule has 0 amide bonds. The summed E-state index contributed by atoms with van der Waals surface area (Å²) in [5.41, 5.74) is 3.98. The number of benzene rings is 2. The van der Waals surface area contributed by atoms with E-state index in [2.05, 4.69) is 42.9 Å². The highest BCUT2D eigenvalue weighted by Gasteiger charge is 2.34. The summed E-state index contributed by atoms with van der Waals surface area (Å²) in [5, 5.41) is 5.53. The fraction of sp³-hybridized carbons (Fsp3) is 0.480. The SMILES string of the molecule is CCCS(=O)(=O)N1CCN(CC(C)C)[C@@H](c2cc3cnn(-c4ccc(F)cc4)c3cc2C)C1. The van der Waals surface area contributed by atoms with E-state index in [1.54, 1.807) is 16.4 Å². The number of rotatable bonds is 7. The first-order valence-corrected chi connectivity index (χ1v) is 13.3. The summed E-state index contributed by atoms with van der Waals surface area (Å²) in [4.78, 5) is 2.42. The average Bonchev–Trinajstić information content (AvgIpc) is 3.16. The molecule has 2 aromatic carbocycles. The molecule has 178 valence electrons. The summed E-state index contributed by atoms with van der Waals surface area (Å²) in [5.74, 6) is 0.391. The maximum atomic E-state index is 13.4. The van der Waals surface area contributed by atoms with Gasteiger partial charge in [-0.25, -0.2) is 17.5 Å². The summed E-state index contributed by atoms with van der Waals surface area (Å²) < 4.78 is 42.5. The molecule has 0 spiro atoms. The molecule has 1 aliphatic rings. The Bertz CT molecular complexity index is 1220. The molecule has 8 heteroatoms. The topological polar surface area (TPSA) is 58.4 Å². The molecule has 0 aliphatic carbocycles. The fourth-order valence-corrected chi connectivity index (χ4v) is 6.26. The van der Waals surface area contributed by atoms with Crippen LogP contribution in [0.15, 0.2) is 42.6 Å². The van der Waals surface area contributed by atoms with E-state index in [0.717, 1.165) is 40.8 Å². The van der Waals surface area contributed by atoms with Crippen LogP contribution in [-0.2, 0) is 10.0 Å². The zero-order chi connectivity index (χ0) is 23.8. The van der Waals surface area contributed by atoms with Crippen molar-refractivity contribution in [3.05, 3.63) is 59.5 Å². The van der Waals surface area contributed by atoms with Crippen molar-refractivity contribution in [3.63, 3.8) is 0 Å². The predicted octanol–water partition coefficient (Wildman–Crippen LogP) is 4.53. The lowest BCUT2D eigenvalue weighted by atomic mass is 9.96. The summed E-state index contributed by atoms with van der Waals surface area (Å²) in [7, 11) is -3.26. The van der Waals surface area contributed by atoms with Gasteiger partial charge < -0.3 is 0 Å². The third-order valence-corrected chi connectivity index (χ3v) is 8.34. The number of fused-ring (bicyclic) bond motifs is 1. The summed E-state index contributed by atoms with van der Waals surface area (Å²) in [6.45, 7) is 11.0. The van der Waals surface area contributed by atoms with Crippen LogP contribution >= 0.6 is 0 Å². The van der Waals surface area contributed by atoms with Gasteiger partial charge in [-0.15, -0.1) is 0 Å². The number of nitrogens with zero attached hydrogens (tertiary/aromatic N) is 4. The first kappa shape index (κ1) is 23.9. The lowest BCUT2D eigenvalue weighted by molar-refractivity contribution is 0.105. The molecule has 1 fully saturated rings. The minimum absolute atomic E-state index is 0.00801. The Balaban J connectivity index is 1.73. The van der Waals surface area contributed by atoms with Gasteiger partial charge in [-0.05, 0) is 66.8 Å². The zero-order valence-electron chi connectivity index (χ0n) is 19.8. The van der Waals surface area contributed by atoms with Crippen molar-refractivity contribution in [2.45, 2.75) is 40.2 Å². The molecule has 0 N–H and O–H groups in total. The molecule has 1 aliphatic heterocycles. The second-order valence-electron chi connectivity index (χ2n) is 9.38. The van der Waals surface area contributed by atoms with Crippen LogP contribution in [0.3, 0.4) is 0 Å². The third kappa shape index (κ3) is 4.98. The predicted molar refractivity (Wildman–Crippen MR) is 131 cm³/mol. The minimum atomic E-state index is -3.26. The molecule has 4 rings (SSSR count). The standard InChI is InChI=1S/C25H33FN4O2S/c1-5-12-33(31,32)29-11-10-28(16-18(2)3)25(17-29)23-14-20-15-27-30(24(20)13-19(23)4)22-8-6-21(26)7-9-22/h6-9,13-15,18,25H,5,10-12,16-17H2,1-4H3/t25-/m1/s1. The fourth-order valence-electron chi connectivity index (χ4n) is 4.76. The van der Waals surface area contributed by atoms with Crippen LogP contribution in [0, 0.1) is 18.7 Å². The van der Waals surface area contributed by atoms with Gasteiger partial charge in [0.05, 0.1) is 23.2 Å². The Hall–Kier alpha value is -2.29. The van der Waals surface area contributed by atoms with Crippen molar-refractivity contribution >= 4 is 20.9 Å². The maximum Gasteiger partial charge on any atom is 0.214 e. The van der Waals surface area contributed by atoms with E-state index in [0.29, 0.717) is 25.4 Å². The lowest BCUT2D eigenvalue weighted by Crippen LogP contribution is -2.51. The average molecular weight is 473 g/mol. The zero-order valence-corrected chi connectivity index (χ0v) is 20.6. The monoisotopic (exact) mass is 472 g/mol. The van der Waals surface area contributed by atoms with Crippen LogP contribution in [0.4, 0.5) is 4.39 Å². The van der Waals surface area contributed by atoms with Gasteiger partial charge in [0.1, 0.15) is 5.82 Å². The van der Waals surface area contributed by atoms with Crippen molar-refractivity contribution in [1.82, 2.24) is 19.0 Å². The quantitative estimate of drug-likeness (QED) is 0.507. The van der Waals surface area contributed by atoms with Crippen LogP contribution in [-0.4, -0.2) is 59.3 Å². The molecule has 1 saturated heterocycles. The Morgan fingerprint density at radius 2 is 1.88 bits per heavy atom. The lowest BCUT2D eigenvalue weighted by Gasteiger charge is -2.42. The summed E-state index contributed by atoms with van der Waals surface area (Å²) >= 11 is 0. The summed E-state index contributed by atoms with van der Waals surface area (Å²) in [6.07, 6.45) is 2.44. The molecule has 2 heterocycles. The van der Waals surface area contributed by atoms with Crippen LogP contribution < -0.4 is 0 Å². The number of piperazine rings is 1. The number of halogens is 1. The highest BCUT2D eigenvalue weighted by atomic mass is 32.2. The number of aryl methyl sites for hydroxylation is 1. The van der Waals surface area contributed by atoms with Crippen LogP contribution in [0.5, 0.6) is 0 Å². The van der Waals surface area contributed by atoms with Gasteiger partial charge in [0.15, 0.2) is 0 Å². The van der Waals surface area contributed by atoms with E-state index < -0.39 is 10.0 Å². The van der Waals surface area contributed by atoms with E-state index in [1.165, 1.54) is 12.1 Å². The number of sulfonamides is 1. The number of aromatic nitrogens is 2. The smallest absolute Gasteiger partial charge is 0.214 e. The van der Waals surface area contributed by atoms with Crippen molar-refractivity contribution in [2.75, 3.05) is 31.9 Å². The Labute approximate surface area is 196 Å². The Morgan fingerprint density at radius 3 is 2.55 bits per heavy atom. The number of hydrogen-bond donors (Lipinski definition) is 0. The molecule has 1 atom stereocenters. The van der Waals surface area contributed by atoms with Crippen LogP contribution in [0.2, 0.25) is 0 Å². The molecule has 33 heavy (non-hydrogen) atoms. The molecule has 6 nitrogen and oxygen atoms in total. The van der Waals surface area contributed by atoms with Gasteiger partial charge in [-0.2, -0.15) is 9.40 Å². The molecule has 0 saturated carbocycles. The van der Waals surface area contributed by atoms with Crippen LogP contribution in [0.25, 0.3) is 16.6 Å². The molecular formula is C25H33FN4O2S. The molecule has 0 unspecified atom stereocenters. The molecular weight excluding hydrogens is 439 g/mol. The van der Waals surface area contributed by atoms with Gasteiger partial charge >= 0.3 is 0 Å². The summed E-state index contributed by atoms with van der Waals surface area (Å²) in [6, 6.07) is 10.5. The maximum absolute atomic E-state index is 13.4. The first-order chi connectivity index (χ1) is 15.7. The van der Waals surface area contributed by atoms with Gasteiger partial charge in [0.25, 0.3) is 0 Å². The second-order valence-corrected chi connectivity index (χ2v) is 11.5. The molecule has 0 bridgehead atoms. The van der Waals surface area contributed by atoms with Gasteiger partial charge in [0, 0.05) is 37.6 Å². The third-order valence-electron chi connectivity index (χ3n) is 6.30. The highest BCUT2D eigenvalue weighted by molar-refractivity contribution is 7.89. The highest BCUT2D eigenvalue weighted by Crippen LogP contribution is 2.33. The Kier molecular flexibility index (Phi) is 6.88. The molecule has 1 aromatic heterocycles. The van der Waals surface area contributed by atoms with Gasteiger partial charge in [0.2, 0.25) is 10.0 Å². The minimum Gasteiger partial charge on any atom is -0.293 e. The Morgan fingerprint density at radius 1 is 1.15 bits per heavy atom. The van der Waals surface area contributed by atoms with E-state index in [9.17, 15) is 12.8 Å². The van der Waals surface area contributed by atoms with Crippen molar-refractivity contribution < 1.29 is 12.8 Å². The van der Waals surface area contributed by atoms with Crippen molar-refractivity contribution in [1.29, 1.82) is 0 Å².